The lowest BCUT2D eigenvalue weighted by Crippen LogP contribution is -2.23. The number of aromatic amines is 1. The highest BCUT2D eigenvalue weighted by Crippen LogP contribution is 2.36. The van der Waals surface area contributed by atoms with E-state index in [-0.39, 0.29) is 5.91 Å². The summed E-state index contributed by atoms with van der Waals surface area (Å²) in [7, 11) is 0. The quantitative estimate of drug-likeness (QED) is 0.540. The Morgan fingerprint density at radius 1 is 1.24 bits per heavy atom. The zero-order valence-electron chi connectivity index (χ0n) is 13.1. The van der Waals surface area contributed by atoms with Gasteiger partial charge in [0.15, 0.2) is 0 Å². The molecule has 0 bridgehead atoms. The lowest BCUT2D eigenvalue weighted by atomic mass is 10.1. The third kappa shape index (κ3) is 3.16. The second-order valence-electron chi connectivity index (χ2n) is 5.59. The molecule has 6 heteroatoms. The maximum absolute atomic E-state index is 12.8. The third-order valence-electron chi connectivity index (χ3n) is 3.93. The second kappa shape index (κ2) is 6.70. The SMILES string of the molecule is O=C(NCc1cccnc1)c1[nH]c2ccc(Cl)cc2c1-c1cccs1. The maximum Gasteiger partial charge on any atom is 0.268 e. The van der Waals surface area contributed by atoms with E-state index in [2.05, 4.69) is 15.3 Å². The molecule has 3 heterocycles. The van der Waals surface area contributed by atoms with Crippen LogP contribution < -0.4 is 5.32 Å². The van der Waals surface area contributed by atoms with Crippen LogP contribution in [0.3, 0.4) is 0 Å². The first-order chi connectivity index (χ1) is 12.2. The van der Waals surface area contributed by atoms with Gasteiger partial charge in [-0.15, -0.1) is 11.3 Å². The molecular weight excluding hydrogens is 354 g/mol. The van der Waals surface area contributed by atoms with Crippen LogP contribution >= 0.6 is 22.9 Å². The fourth-order valence-corrected chi connectivity index (χ4v) is 3.75. The molecule has 0 saturated heterocycles. The summed E-state index contributed by atoms with van der Waals surface area (Å²) in [5, 5.41) is 6.54. The highest BCUT2D eigenvalue weighted by molar-refractivity contribution is 7.13. The zero-order chi connectivity index (χ0) is 17.2. The number of hydrogen-bond acceptors (Lipinski definition) is 3. The van der Waals surface area contributed by atoms with Crippen molar-refractivity contribution in [2.75, 3.05) is 0 Å². The normalized spacial score (nSPS) is 10.9. The van der Waals surface area contributed by atoms with Crippen molar-refractivity contribution in [2.45, 2.75) is 6.54 Å². The minimum absolute atomic E-state index is 0.153. The molecule has 0 saturated carbocycles. The van der Waals surface area contributed by atoms with Crippen molar-refractivity contribution in [2.24, 2.45) is 0 Å². The molecule has 0 unspecified atom stereocenters. The minimum Gasteiger partial charge on any atom is -0.350 e. The molecule has 0 aliphatic heterocycles. The van der Waals surface area contributed by atoms with Gasteiger partial charge in [0, 0.05) is 45.3 Å². The van der Waals surface area contributed by atoms with Crippen molar-refractivity contribution < 1.29 is 4.79 Å². The molecule has 0 aliphatic rings. The predicted molar refractivity (Wildman–Crippen MR) is 102 cm³/mol. The highest BCUT2D eigenvalue weighted by atomic mass is 35.5. The molecule has 0 fully saturated rings. The molecule has 0 radical (unpaired) electrons. The number of hydrogen-bond donors (Lipinski definition) is 2. The van der Waals surface area contributed by atoms with E-state index in [0.717, 1.165) is 26.9 Å². The summed E-state index contributed by atoms with van der Waals surface area (Å²) in [5.74, 6) is -0.153. The van der Waals surface area contributed by atoms with Gasteiger partial charge in [0.2, 0.25) is 0 Å². The van der Waals surface area contributed by atoms with E-state index in [9.17, 15) is 4.79 Å². The number of aromatic nitrogens is 2. The Balaban J connectivity index is 1.73. The second-order valence-corrected chi connectivity index (χ2v) is 6.97. The van der Waals surface area contributed by atoms with E-state index in [1.54, 1.807) is 23.7 Å². The molecule has 0 atom stereocenters. The van der Waals surface area contributed by atoms with Gasteiger partial charge in [-0.2, -0.15) is 0 Å². The van der Waals surface area contributed by atoms with Gasteiger partial charge >= 0.3 is 0 Å². The molecule has 4 aromatic rings. The Bertz CT molecular complexity index is 1030. The van der Waals surface area contributed by atoms with Gasteiger partial charge in [0.05, 0.1) is 0 Å². The number of nitrogens with zero attached hydrogens (tertiary/aromatic N) is 1. The van der Waals surface area contributed by atoms with Crippen LogP contribution in [0.5, 0.6) is 0 Å². The van der Waals surface area contributed by atoms with Crippen LogP contribution in [0, 0.1) is 0 Å². The van der Waals surface area contributed by atoms with E-state index in [0.29, 0.717) is 17.3 Å². The first kappa shape index (κ1) is 15.9. The van der Waals surface area contributed by atoms with Crippen LogP contribution in [0.4, 0.5) is 0 Å². The minimum atomic E-state index is -0.153. The number of carbonyl (C=O) groups excluding carboxylic acids is 1. The average molecular weight is 368 g/mol. The van der Waals surface area contributed by atoms with Crippen molar-refractivity contribution in [3.05, 3.63) is 76.5 Å². The monoisotopic (exact) mass is 367 g/mol. The van der Waals surface area contributed by atoms with Crippen LogP contribution in [-0.4, -0.2) is 15.9 Å². The molecule has 4 rings (SSSR count). The number of halogens is 1. The molecule has 25 heavy (non-hydrogen) atoms. The van der Waals surface area contributed by atoms with Crippen LogP contribution in [0.15, 0.2) is 60.2 Å². The smallest absolute Gasteiger partial charge is 0.268 e. The molecule has 0 aliphatic carbocycles. The Labute approximate surface area is 153 Å². The number of carbonyl (C=O) groups is 1. The first-order valence-corrected chi connectivity index (χ1v) is 9.00. The van der Waals surface area contributed by atoms with Crippen LogP contribution in [0.2, 0.25) is 5.02 Å². The van der Waals surface area contributed by atoms with E-state index in [1.165, 1.54) is 0 Å². The molecule has 0 spiro atoms. The summed E-state index contributed by atoms with van der Waals surface area (Å²) in [4.78, 5) is 21.1. The molecule has 124 valence electrons. The van der Waals surface area contributed by atoms with Gasteiger partial charge in [0.1, 0.15) is 5.69 Å². The van der Waals surface area contributed by atoms with Crippen molar-refractivity contribution in [1.82, 2.24) is 15.3 Å². The van der Waals surface area contributed by atoms with E-state index >= 15 is 0 Å². The molecule has 4 nitrogen and oxygen atoms in total. The largest absolute Gasteiger partial charge is 0.350 e. The van der Waals surface area contributed by atoms with Gasteiger partial charge in [-0.3, -0.25) is 9.78 Å². The molecule has 1 aromatic carbocycles. The number of benzene rings is 1. The average Bonchev–Trinajstić information content (AvgIpc) is 3.27. The molecular formula is C19H14ClN3OS. The zero-order valence-corrected chi connectivity index (χ0v) is 14.7. The summed E-state index contributed by atoms with van der Waals surface area (Å²) in [6.07, 6.45) is 3.45. The van der Waals surface area contributed by atoms with Crippen LogP contribution in [0.25, 0.3) is 21.3 Å². The van der Waals surface area contributed by atoms with E-state index in [4.69, 9.17) is 11.6 Å². The molecule has 3 aromatic heterocycles. The number of fused-ring (bicyclic) bond motifs is 1. The van der Waals surface area contributed by atoms with Crippen LogP contribution in [-0.2, 0) is 6.54 Å². The third-order valence-corrected chi connectivity index (χ3v) is 5.05. The number of amides is 1. The number of rotatable bonds is 4. The van der Waals surface area contributed by atoms with E-state index in [1.807, 2.05) is 47.8 Å². The van der Waals surface area contributed by atoms with Gasteiger partial charge in [-0.1, -0.05) is 23.7 Å². The fourth-order valence-electron chi connectivity index (χ4n) is 2.78. The molecule has 1 amide bonds. The number of H-pyrrole nitrogens is 1. The standard InChI is InChI=1S/C19H14ClN3OS/c20-13-5-6-15-14(9-13)17(16-4-2-8-25-16)18(23-15)19(24)22-11-12-3-1-7-21-10-12/h1-10,23H,11H2,(H,22,24). The number of thiophene rings is 1. The van der Waals surface area contributed by atoms with Crippen molar-refractivity contribution in [3.63, 3.8) is 0 Å². The Hall–Kier alpha value is -2.63. The lowest BCUT2D eigenvalue weighted by Gasteiger charge is -2.06. The number of pyridine rings is 1. The Kier molecular flexibility index (Phi) is 4.26. The maximum atomic E-state index is 12.8. The highest BCUT2D eigenvalue weighted by Gasteiger charge is 2.20. The Morgan fingerprint density at radius 2 is 2.16 bits per heavy atom. The summed E-state index contributed by atoms with van der Waals surface area (Å²) in [5.41, 5.74) is 3.27. The summed E-state index contributed by atoms with van der Waals surface area (Å²) in [6, 6.07) is 13.4. The first-order valence-electron chi connectivity index (χ1n) is 7.74. The molecule has 2 N–H and O–H groups in total. The summed E-state index contributed by atoms with van der Waals surface area (Å²) >= 11 is 7.76. The van der Waals surface area contributed by atoms with Gasteiger partial charge in [0.25, 0.3) is 5.91 Å². The van der Waals surface area contributed by atoms with Crippen molar-refractivity contribution in [3.8, 4) is 10.4 Å². The van der Waals surface area contributed by atoms with Crippen molar-refractivity contribution in [1.29, 1.82) is 0 Å². The summed E-state index contributed by atoms with van der Waals surface area (Å²) in [6.45, 7) is 0.423. The number of nitrogens with one attached hydrogen (secondary N) is 2. The van der Waals surface area contributed by atoms with Gasteiger partial charge in [-0.25, -0.2) is 0 Å². The van der Waals surface area contributed by atoms with Crippen molar-refractivity contribution >= 4 is 39.7 Å². The Morgan fingerprint density at radius 3 is 2.92 bits per heavy atom. The van der Waals surface area contributed by atoms with E-state index < -0.39 is 0 Å². The van der Waals surface area contributed by atoms with Gasteiger partial charge < -0.3 is 10.3 Å². The topological polar surface area (TPSA) is 57.8 Å². The summed E-state index contributed by atoms with van der Waals surface area (Å²) < 4.78 is 0. The lowest BCUT2D eigenvalue weighted by molar-refractivity contribution is 0.0947. The fraction of sp³-hybridized carbons (Fsp3) is 0.0526. The van der Waals surface area contributed by atoms with Crippen LogP contribution in [0.1, 0.15) is 16.1 Å². The predicted octanol–water partition coefficient (Wildman–Crippen LogP) is 4.87. The van der Waals surface area contributed by atoms with Gasteiger partial charge in [-0.05, 0) is 41.3 Å².